The van der Waals surface area contributed by atoms with Crippen LogP contribution in [0.4, 0.5) is 0 Å². The van der Waals surface area contributed by atoms with E-state index in [0.29, 0.717) is 0 Å². The van der Waals surface area contributed by atoms with Gasteiger partial charge < -0.3 is 17.2 Å². The molecule has 0 rings (SSSR count). The number of carbonyl (C=O) groups excluding carboxylic acids is 3. The third-order valence-corrected chi connectivity index (χ3v) is 4.91. The van der Waals surface area contributed by atoms with Crippen molar-refractivity contribution in [3.8, 4) is 0 Å². The van der Waals surface area contributed by atoms with Crippen LogP contribution in [0.1, 0.15) is 0 Å². The van der Waals surface area contributed by atoms with Gasteiger partial charge in [0.2, 0.25) is 5.39 Å². The fourth-order valence-electron chi connectivity index (χ4n) is 1.36. The Morgan fingerprint density at radius 3 is 0.968 bits per heavy atom. The normalized spacial score (nSPS) is 15.6. The lowest BCUT2D eigenvalue weighted by molar-refractivity contribution is -0.465. The van der Waals surface area contributed by atoms with Crippen molar-refractivity contribution >= 4 is 48.3 Å². The average molecular weight is 518 g/mol. The molecule has 3 atom stereocenters. The summed E-state index contributed by atoms with van der Waals surface area (Å²) in [4.78, 5) is 47.5. The van der Waals surface area contributed by atoms with Gasteiger partial charge in [0, 0.05) is 0 Å². The van der Waals surface area contributed by atoms with Crippen molar-refractivity contribution in [2.75, 3.05) is 17.3 Å². The fourth-order valence-corrected chi connectivity index (χ4v) is 3.13. The molecule has 31 heavy (non-hydrogen) atoms. The molecule has 0 amide bonds. The first-order valence-corrected chi connectivity index (χ1v) is 12.1. The Hall–Kier alpha value is -2.02. The zero-order valence-electron chi connectivity index (χ0n) is 15.0. The summed E-state index contributed by atoms with van der Waals surface area (Å²) in [7, 11) is -14.4. The van der Waals surface area contributed by atoms with Gasteiger partial charge in [-0.3, -0.25) is 28.2 Å². The highest BCUT2D eigenvalue weighted by Gasteiger charge is 2.33. The molecule has 0 bridgehead atoms. The predicted molar refractivity (Wildman–Crippen MR) is 93.3 cm³/mol. The monoisotopic (exact) mass is 518 g/mol. The molecule has 0 radical (unpaired) electrons. The molecule has 0 saturated heterocycles. The number of rotatable bonds is 12. The molecule has 0 aliphatic rings. The van der Waals surface area contributed by atoms with Crippen LogP contribution in [0.2, 0.25) is 0 Å². The van der Waals surface area contributed by atoms with Crippen molar-refractivity contribution in [2.45, 2.75) is 18.1 Å². The number of hydrogen-bond donors (Lipinski definition) is 6. The molecule has 22 heteroatoms. The van der Waals surface area contributed by atoms with Crippen molar-refractivity contribution < 1.29 is 67.8 Å². The van der Waals surface area contributed by atoms with Crippen LogP contribution < -0.4 is 17.2 Å². The molecule has 0 unspecified atom stereocenters. The predicted octanol–water partition coefficient (Wildman–Crippen LogP) is -5.69. The van der Waals surface area contributed by atoms with Gasteiger partial charge >= 0.3 is 17.9 Å². The van der Waals surface area contributed by atoms with E-state index in [1.54, 1.807) is 0 Å². The van der Waals surface area contributed by atoms with Gasteiger partial charge in [-0.25, -0.2) is 14.4 Å². The molecule has 0 aromatic carbocycles. The van der Waals surface area contributed by atoms with Crippen LogP contribution in [0.5, 0.6) is 0 Å². The van der Waals surface area contributed by atoms with Gasteiger partial charge in [0.05, 0.1) is 0 Å². The minimum atomic E-state index is -4.81. The molecule has 0 aliphatic heterocycles. The van der Waals surface area contributed by atoms with E-state index in [1.165, 1.54) is 0 Å². The smallest absolute Gasteiger partial charge is 0.317 e. The highest BCUT2D eigenvalue weighted by molar-refractivity contribution is 7.86. The van der Waals surface area contributed by atoms with Crippen LogP contribution in [0, 0.1) is 0 Å². The zero-order valence-corrected chi connectivity index (χ0v) is 17.4. The first-order chi connectivity index (χ1) is 13.7. The van der Waals surface area contributed by atoms with E-state index in [9.17, 15) is 39.6 Å². The lowest BCUT2D eigenvalue weighted by Gasteiger charge is -2.21. The van der Waals surface area contributed by atoms with Gasteiger partial charge in [-0.1, -0.05) is 0 Å². The van der Waals surface area contributed by atoms with Crippen LogP contribution >= 0.6 is 0 Å². The third kappa shape index (κ3) is 13.8. The number of nitrogens with zero attached hydrogens (tertiary/aromatic N) is 1. The van der Waals surface area contributed by atoms with Crippen LogP contribution in [0.3, 0.4) is 0 Å². The van der Waals surface area contributed by atoms with E-state index in [1.807, 2.05) is 0 Å². The molecule has 0 fully saturated rings. The molecule has 0 saturated carbocycles. The molecule has 0 aliphatic carbocycles. The van der Waals surface area contributed by atoms with Crippen LogP contribution in [0.25, 0.3) is 0 Å². The summed E-state index contributed by atoms with van der Waals surface area (Å²) < 4.78 is 90.2. The summed E-state index contributed by atoms with van der Waals surface area (Å²) in [5.41, 5.74) is 15.3. The molecule has 0 spiro atoms. The Kier molecular flexibility index (Phi) is 10.3. The Labute approximate surface area is 174 Å². The second kappa shape index (κ2) is 11.0. The number of nitrogens with two attached hydrogens (primary N) is 3. The Bertz CT molecular complexity index is 862. The lowest BCUT2D eigenvalue weighted by Crippen LogP contribution is -2.48. The van der Waals surface area contributed by atoms with E-state index in [4.69, 9.17) is 30.9 Å². The second-order valence-electron chi connectivity index (χ2n) is 5.52. The van der Waals surface area contributed by atoms with Gasteiger partial charge in [0.25, 0.3) is 30.4 Å². The van der Waals surface area contributed by atoms with Crippen LogP contribution in [-0.2, 0) is 59.3 Å². The molecule has 19 nitrogen and oxygen atoms in total. The SMILES string of the molecule is N[C@@H](CS(=O)(=O)O)C(=O)ON(OC(=O)[C@@H](N)CS(=O)(=O)O)OC(=O)[C@@H](N)CS(=O)(=O)O. The van der Waals surface area contributed by atoms with E-state index in [-0.39, 0.29) is 0 Å². The molecule has 0 heterocycles. The molecule has 0 aromatic heterocycles. The Morgan fingerprint density at radius 2 is 0.806 bits per heavy atom. The van der Waals surface area contributed by atoms with Crippen molar-refractivity contribution in [2.24, 2.45) is 17.2 Å². The summed E-state index contributed by atoms with van der Waals surface area (Å²) in [5.74, 6) is -9.68. The Morgan fingerprint density at radius 1 is 0.613 bits per heavy atom. The summed E-state index contributed by atoms with van der Waals surface area (Å²) >= 11 is 0. The zero-order chi connectivity index (χ0) is 24.8. The maximum Gasteiger partial charge on any atom is 0.350 e. The Balaban J connectivity index is 5.48. The van der Waals surface area contributed by atoms with Gasteiger partial charge in [0.15, 0.2) is 0 Å². The summed E-state index contributed by atoms with van der Waals surface area (Å²) in [6.45, 7) is 0. The maximum atomic E-state index is 11.7. The van der Waals surface area contributed by atoms with Gasteiger partial charge in [-0.15, -0.1) is 0 Å². The van der Waals surface area contributed by atoms with E-state index in [2.05, 4.69) is 14.5 Å². The maximum absolute atomic E-state index is 11.7. The summed E-state index contributed by atoms with van der Waals surface area (Å²) in [5, 5.41) is -0.773. The topological polar surface area (TPSA) is 323 Å². The average Bonchev–Trinajstić information content (AvgIpc) is 2.49. The quantitative estimate of drug-likeness (QED) is 0.103. The summed E-state index contributed by atoms with van der Waals surface area (Å²) in [6, 6.07) is -6.44. The van der Waals surface area contributed by atoms with Crippen molar-refractivity contribution in [3.05, 3.63) is 0 Å². The van der Waals surface area contributed by atoms with Gasteiger partial charge in [-0.05, 0) is 0 Å². The molecule has 182 valence electrons. The van der Waals surface area contributed by atoms with Crippen LogP contribution in [0.15, 0.2) is 0 Å². The molecular formula is C9H18N4O15S3. The highest BCUT2D eigenvalue weighted by Crippen LogP contribution is 2.04. The first kappa shape index (κ1) is 29.0. The van der Waals surface area contributed by atoms with Crippen LogP contribution in [-0.4, -0.2) is 97.6 Å². The van der Waals surface area contributed by atoms with Crippen molar-refractivity contribution in [3.63, 3.8) is 0 Å². The van der Waals surface area contributed by atoms with E-state index >= 15 is 0 Å². The number of hydrogen-bond acceptors (Lipinski definition) is 16. The lowest BCUT2D eigenvalue weighted by atomic mass is 10.4. The van der Waals surface area contributed by atoms with Crippen molar-refractivity contribution in [1.29, 1.82) is 0 Å². The van der Waals surface area contributed by atoms with Gasteiger partial charge in [-0.2, -0.15) is 25.3 Å². The minimum absolute atomic E-state index is 0.773. The fraction of sp³-hybridized carbons (Fsp3) is 0.667. The molecule has 0 aromatic rings. The standard InChI is InChI=1S/C9H18N4O15S3/c10-4(1-29(17,18)19)7(14)26-13(27-8(15)5(11)2-30(20,21)22)28-9(16)6(12)3-31(23,24)25/h4-6H,1-3,10-12H2,(H,17,18,19)(H,20,21,22)(H,23,24,25)/t4-,5-,6-/m0/s1. The second-order valence-corrected chi connectivity index (χ2v) is 10.0. The third-order valence-electron chi connectivity index (χ3n) is 2.57. The molecule has 9 N–H and O–H groups in total. The van der Waals surface area contributed by atoms with Crippen molar-refractivity contribution in [1.82, 2.24) is 5.39 Å². The minimum Gasteiger partial charge on any atom is -0.317 e. The summed E-state index contributed by atoms with van der Waals surface area (Å²) in [6.07, 6.45) is 0. The largest absolute Gasteiger partial charge is 0.350 e. The first-order valence-electron chi connectivity index (χ1n) is 7.28. The highest BCUT2D eigenvalue weighted by atomic mass is 32.2. The number of carbonyl (C=O) groups is 3. The molecular weight excluding hydrogens is 500 g/mol. The van der Waals surface area contributed by atoms with Gasteiger partial charge in [0.1, 0.15) is 35.4 Å². The van der Waals surface area contributed by atoms with E-state index < -0.39 is 89.0 Å². The van der Waals surface area contributed by atoms with E-state index in [0.717, 1.165) is 0 Å².